The molecule has 1 aromatic rings. The van der Waals surface area contributed by atoms with E-state index in [2.05, 4.69) is 15.4 Å². The molecular weight excluding hydrogens is 374 g/mol. The van der Waals surface area contributed by atoms with E-state index < -0.39 is 33.6 Å². The molecule has 1 aromatic carbocycles. The van der Waals surface area contributed by atoms with E-state index in [0.717, 1.165) is 5.56 Å². The highest BCUT2D eigenvalue weighted by Crippen LogP contribution is 2.12. The molecule has 0 atom stereocenters. The number of nitrogens with one attached hydrogen (secondary N) is 3. The Hall–Kier alpha value is -2.46. The third-order valence-electron chi connectivity index (χ3n) is 3.34. The lowest BCUT2D eigenvalue weighted by molar-refractivity contribution is -0.137. The number of aliphatic carboxylic acids is 1. The van der Waals surface area contributed by atoms with Crippen LogP contribution in [-0.4, -0.2) is 49.6 Å². The highest BCUT2D eigenvalue weighted by Gasteiger charge is 2.15. The summed E-state index contributed by atoms with van der Waals surface area (Å²) >= 11 is 0. The second kappa shape index (κ2) is 10.6. The van der Waals surface area contributed by atoms with Gasteiger partial charge < -0.3 is 15.7 Å². The monoisotopic (exact) mass is 399 g/mol. The van der Waals surface area contributed by atoms with E-state index in [1.807, 2.05) is 0 Å². The van der Waals surface area contributed by atoms with Crippen molar-refractivity contribution in [2.45, 2.75) is 39.2 Å². The van der Waals surface area contributed by atoms with Crippen molar-refractivity contribution in [1.29, 1.82) is 0 Å². The topological polar surface area (TPSA) is 142 Å². The molecule has 27 heavy (non-hydrogen) atoms. The quantitative estimate of drug-likeness (QED) is 0.426. The fraction of sp³-hybridized carbons (Fsp3) is 0.471. The van der Waals surface area contributed by atoms with Crippen molar-refractivity contribution in [2.75, 3.05) is 17.6 Å². The third-order valence-corrected chi connectivity index (χ3v) is 4.66. The van der Waals surface area contributed by atoms with Crippen molar-refractivity contribution >= 4 is 33.5 Å². The first-order valence-corrected chi connectivity index (χ1v) is 10.1. The second-order valence-electron chi connectivity index (χ2n) is 6.25. The molecule has 0 aliphatic rings. The van der Waals surface area contributed by atoms with Crippen LogP contribution in [0.5, 0.6) is 0 Å². The lowest BCUT2D eigenvalue weighted by atomic mass is 10.1. The van der Waals surface area contributed by atoms with Crippen LogP contribution in [0, 0.1) is 0 Å². The number of aryl methyl sites for hydroxylation is 1. The van der Waals surface area contributed by atoms with Crippen molar-refractivity contribution in [2.24, 2.45) is 0 Å². The van der Waals surface area contributed by atoms with E-state index in [4.69, 9.17) is 5.11 Å². The SMILES string of the molecule is CC(C)NC(=O)CNS(=O)(=O)CCC(=O)Nc1cccc(CCC(=O)O)c1. The average Bonchev–Trinajstić information content (AvgIpc) is 2.56. The van der Waals surface area contributed by atoms with E-state index in [-0.39, 0.29) is 25.4 Å². The normalized spacial score (nSPS) is 11.2. The summed E-state index contributed by atoms with van der Waals surface area (Å²) in [6.45, 7) is 3.13. The summed E-state index contributed by atoms with van der Waals surface area (Å²) in [5.41, 5.74) is 1.21. The highest BCUT2D eigenvalue weighted by atomic mass is 32.2. The zero-order valence-electron chi connectivity index (χ0n) is 15.3. The second-order valence-corrected chi connectivity index (χ2v) is 8.18. The third kappa shape index (κ3) is 10.3. The molecule has 0 heterocycles. The molecule has 0 bridgehead atoms. The Kier molecular flexibility index (Phi) is 8.89. The van der Waals surface area contributed by atoms with E-state index in [9.17, 15) is 22.8 Å². The van der Waals surface area contributed by atoms with Crippen molar-refractivity contribution in [3.63, 3.8) is 0 Å². The number of rotatable bonds is 11. The molecule has 0 saturated heterocycles. The maximum atomic E-state index is 11.9. The number of carboxylic acid groups (broad SMARTS) is 1. The Morgan fingerprint density at radius 1 is 1.11 bits per heavy atom. The first-order valence-electron chi connectivity index (χ1n) is 8.44. The smallest absolute Gasteiger partial charge is 0.303 e. The molecule has 0 aliphatic heterocycles. The molecular formula is C17H25N3O6S. The molecule has 0 radical (unpaired) electrons. The summed E-state index contributed by atoms with van der Waals surface area (Å²) in [6.07, 6.45) is 0.0297. The van der Waals surface area contributed by atoms with Crippen LogP contribution in [0.25, 0.3) is 0 Å². The van der Waals surface area contributed by atoms with Crippen LogP contribution >= 0.6 is 0 Å². The molecule has 150 valence electrons. The van der Waals surface area contributed by atoms with Gasteiger partial charge in [-0.1, -0.05) is 12.1 Å². The summed E-state index contributed by atoms with van der Waals surface area (Å²) < 4.78 is 25.9. The number of hydrogen-bond acceptors (Lipinski definition) is 5. The number of carbonyl (C=O) groups is 3. The first kappa shape index (κ1) is 22.6. The van der Waals surface area contributed by atoms with Gasteiger partial charge in [0.15, 0.2) is 0 Å². The largest absolute Gasteiger partial charge is 0.481 e. The fourth-order valence-electron chi connectivity index (χ4n) is 2.13. The van der Waals surface area contributed by atoms with Gasteiger partial charge in [0.2, 0.25) is 21.8 Å². The molecule has 1 rings (SSSR count). The molecule has 4 N–H and O–H groups in total. The number of anilines is 1. The van der Waals surface area contributed by atoms with Gasteiger partial charge >= 0.3 is 5.97 Å². The lowest BCUT2D eigenvalue weighted by Gasteiger charge is -2.10. The van der Waals surface area contributed by atoms with Crippen LogP contribution in [0.1, 0.15) is 32.3 Å². The Balaban J connectivity index is 2.47. The average molecular weight is 399 g/mol. The summed E-state index contributed by atoms with van der Waals surface area (Å²) in [7, 11) is -3.76. The first-order chi connectivity index (χ1) is 12.6. The van der Waals surface area contributed by atoms with E-state index >= 15 is 0 Å². The highest BCUT2D eigenvalue weighted by molar-refractivity contribution is 7.89. The van der Waals surface area contributed by atoms with Crippen LogP contribution in [0.3, 0.4) is 0 Å². The summed E-state index contributed by atoms with van der Waals surface area (Å²) in [4.78, 5) is 34.0. The summed E-state index contributed by atoms with van der Waals surface area (Å²) in [5, 5.41) is 13.8. The molecule has 0 unspecified atom stereocenters. The lowest BCUT2D eigenvalue weighted by Crippen LogP contribution is -2.40. The van der Waals surface area contributed by atoms with E-state index in [0.29, 0.717) is 12.1 Å². The van der Waals surface area contributed by atoms with Crippen molar-refractivity contribution in [3.8, 4) is 0 Å². The van der Waals surface area contributed by atoms with Crippen LogP contribution < -0.4 is 15.4 Å². The van der Waals surface area contributed by atoms with Crippen molar-refractivity contribution < 1.29 is 27.9 Å². The van der Waals surface area contributed by atoms with E-state index in [1.165, 1.54) is 0 Å². The van der Waals surface area contributed by atoms with Crippen LogP contribution in [0.2, 0.25) is 0 Å². The van der Waals surface area contributed by atoms with Gasteiger partial charge in [-0.05, 0) is 38.0 Å². The minimum absolute atomic E-state index is 0.0221. The number of amides is 2. The van der Waals surface area contributed by atoms with Gasteiger partial charge in [0.1, 0.15) is 0 Å². The van der Waals surface area contributed by atoms with Crippen LogP contribution in [-0.2, 0) is 30.8 Å². The number of carbonyl (C=O) groups excluding carboxylic acids is 2. The Morgan fingerprint density at radius 3 is 2.44 bits per heavy atom. The van der Waals surface area contributed by atoms with Gasteiger partial charge in [-0.25, -0.2) is 13.1 Å². The van der Waals surface area contributed by atoms with Crippen molar-refractivity contribution in [1.82, 2.24) is 10.0 Å². The molecule has 2 amide bonds. The molecule has 0 saturated carbocycles. The minimum atomic E-state index is -3.76. The van der Waals surface area contributed by atoms with Crippen molar-refractivity contribution in [3.05, 3.63) is 29.8 Å². The molecule has 0 aliphatic carbocycles. The van der Waals surface area contributed by atoms with Gasteiger partial charge in [-0.15, -0.1) is 0 Å². The molecule has 9 nitrogen and oxygen atoms in total. The summed E-state index contributed by atoms with van der Waals surface area (Å²) in [5.74, 6) is -2.31. The minimum Gasteiger partial charge on any atom is -0.481 e. The molecule has 0 aromatic heterocycles. The number of carboxylic acids is 1. The number of hydrogen-bond donors (Lipinski definition) is 4. The van der Waals surface area contributed by atoms with Gasteiger partial charge in [0.25, 0.3) is 0 Å². The number of sulfonamides is 1. The van der Waals surface area contributed by atoms with Gasteiger partial charge in [-0.3, -0.25) is 14.4 Å². The Morgan fingerprint density at radius 2 is 1.81 bits per heavy atom. The Bertz CT molecular complexity index is 777. The maximum absolute atomic E-state index is 11.9. The predicted octanol–water partition coefficient (Wildman–Crippen LogP) is 0.476. The van der Waals surface area contributed by atoms with Gasteiger partial charge in [0.05, 0.1) is 12.3 Å². The molecule has 0 spiro atoms. The summed E-state index contributed by atoms with van der Waals surface area (Å²) in [6, 6.07) is 6.60. The molecule has 10 heteroatoms. The maximum Gasteiger partial charge on any atom is 0.303 e. The van der Waals surface area contributed by atoms with Crippen LogP contribution in [0.4, 0.5) is 5.69 Å². The van der Waals surface area contributed by atoms with Gasteiger partial charge in [-0.2, -0.15) is 0 Å². The predicted molar refractivity (Wildman–Crippen MR) is 101 cm³/mol. The van der Waals surface area contributed by atoms with Gasteiger partial charge in [0, 0.05) is 24.6 Å². The van der Waals surface area contributed by atoms with Crippen LogP contribution in [0.15, 0.2) is 24.3 Å². The zero-order valence-corrected chi connectivity index (χ0v) is 16.1. The standard InChI is InChI=1S/C17H25N3O6S/c1-12(2)19-16(22)11-18-27(25,26)9-8-15(21)20-14-5-3-4-13(10-14)6-7-17(23)24/h3-5,10,12,18H,6-9,11H2,1-2H3,(H,19,22)(H,20,21)(H,23,24). The van der Waals surface area contributed by atoms with E-state index in [1.54, 1.807) is 38.1 Å². The Labute approximate surface area is 158 Å². The zero-order chi connectivity index (χ0) is 20.4. The number of benzene rings is 1. The molecule has 0 fully saturated rings. The fourth-order valence-corrected chi connectivity index (χ4v) is 3.08.